The standard InChI is InChI=1S/C11H16O6/c1-5-17-10(14)11(2)6(8(12)15-3)7(11)9(13)16-4/h6-7H,5H2,1-4H3. The Morgan fingerprint density at radius 2 is 1.47 bits per heavy atom. The molecule has 1 rings (SSSR count). The molecule has 0 aromatic carbocycles. The van der Waals surface area contributed by atoms with Gasteiger partial charge in [-0.05, 0) is 13.8 Å². The van der Waals surface area contributed by atoms with Crippen molar-refractivity contribution in [1.82, 2.24) is 0 Å². The van der Waals surface area contributed by atoms with E-state index >= 15 is 0 Å². The number of hydrogen-bond donors (Lipinski definition) is 0. The van der Waals surface area contributed by atoms with E-state index in [1.807, 2.05) is 0 Å². The quantitative estimate of drug-likeness (QED) is 0.517. The van der Waals surface area contributed by atoms with Gasteiger partial charge in [-0.1, -0.05) is 0 Å². The van der Waals surface area contributed by atoms with E-state index in [0.29, 0.717) is 0 Å². The molecule has 1 fully saturated rings. The van der Waals surface area contributed by atoms with Crippen LogP contribution in [-0.2, 0) is 28.6 Å². The summed E-state index contributed by atoms with van der Waals surface area (Å²) in [7, 11) is 2.42. The van der Waals surface area contributed by atoms with Gasteiger partial charge in [0.25, 0.3) is 0 Å². The van der Waals surface area contributed by atoms with Crippen molar-refractivity contribution in [3.63, 3.8) is 0 Å². The summed E-state index contributed by atoms with van der Waals surface area (Å²) in [4.78, 5) is 34.7. The lowest BCUT2D eigenvalue weighted by molar-refractivity contribution is -0.155. The molecule has 6 nitrogen and oxygen atoms in total. The van der Waals surface area contributed by atoms with Gasteiger partial charge >= 0.3 is 17.9 Å². The minimum absolute atomic E-state index is 0.191. The fourth-order valence-corrected chi connectivity index (χ4v) is 2.07. The second-order valence-corrected chi connectivity index (χ2v) is 4.00. The van der Waals surface area contributed by atoms with Crippen LogP contribution in [0.4, 0.5) is 0 Å². The molecule has 2 unspecified atom stereocenters. The lowest BCUT2D eigenvalue weighted by atomic mass is 10.1. The highest BCUT2D eigenvalue weighted by atomic mass is 16.5. The summed E-state index contributed by atoms with van der Waals surface area (Å²) in [6.45, 7) is 3.36. The lowest BCUT2D eigenvalue weighted by Gasteiger charge is -2.09. The summed E-state index contributed by atoms with van der Waals surface area (Å²) in [5.74, 6) is -3.42. The first kappa shape index (κ1) is 13.5. The van der Waals surface area contributed by atoms with Gasteiger partial charge in [0.1, 0.15) is 0 Å². The van der Waals surface area contributed by atoms with Gasteiger partial charge in [-0.3, -0.25) is 14.4 Å². The van der Waals surface area contributed by atoms with Crippen LogP contribution in [0.15, 0.2) is 0 Å². The highest BCUT2D eigenvalue weighted by Crippen LogP contribution is 2.60. The average molecular weight is 244 g/mol. The average Bonchev–Trinajstić information content (AvgIpc) is 2.95. The van der Waals surface area contributed by atoms with Gasteiger partial charge in [0, 0.05) is 0 Å². The molecule has 0 spiro atoms. The highest BCUT2D eigenvalue weighted by Gasteiger charge is 2.75. The van der Waals surface area contributed by atoms with E-state index in [0.717, 1.165) is 0 Å². The first-order valence-corrected chi connectivity index (χ1v) is 5.28. The maximum absolute atomic E-state index is 11.8. The molecule has 6 heteroatoms. The molecule has 0 amide bonds. The van der Waals surface area contributed by atoms with Crippen LogP contribution < -0.4 is 0 Å². The molecule has 0 aromatic rings. The summed E-state index contributed by atoms with van der Waals surface area (Å²) < 4.78 is 14.0. The minimum atomic E-state index is -1.17. The molecule has 0 radical (unpaired) electrons. The zero-order chi connectivity index (χ0) is 13.2. The Hall–Kier alpha value is -1.59. The van der Waals surface area contributed by atoms with Crippen LogP contribution in [0.3, 0.4) is 0 Å². The van der Waals surface area contributed by atoms with Crippen LogP contribution in [0.2, 0.25) is 0 Å². The normalized spacial score (nSPS) is 30.4. The predicted octanol–water partition coefficient (Wildman–Crippen LogP) is 0.148. The summed E-state index contributed by atoms with van der Waals surface area (Å²) in [6.07, 6.45) is 0. The molecule has 1 aliphatic carbocycles. The van der Waals surface area contributed by atoms with Gasteiger partial charge in [-0.25, -0.2) is 0 Å². The minimum Gasteiger partial charge on any atom is -0.469 e. The fraction of sp³-hybridized carbons (Fsp3) is 0.727. The summed E-state index contributed by atoms with van der Waals surface area (Å²) in [6, 6.07) is 0. The van der Waals surface area contributed by atoms with Crippen LogP contribution in [0.25, 0.3) is 0 Å². The molecule has 0 bridgehead atoms. The number of ether oxygens (including phenoxy) is 3. The highest BCUT2D eigenvalue weighted by molar-refractivity contribution is 6.00. The maximum Gasteiger partial charge on any atom is 0.313 e. The van der Waals surface area contributed by atoms with Crippen molar-refractivity contribution in [3.05, 3.63) is 0 Å². The molecule has 0 N–H and O–H groups in total. The van der Waals surface area contributed by atoms with Crippen molar-refractivity contribution in [2.24, 2.45) is 17.3 Å². The van der Waals surface area contributed by atoms with Gasteiger partial charge in [-0.15, -0.1) is 0 Å². The number of carbonyl (C=O) groups excluding carboxylic acids is 3. The van der Waals surface area contributed by atoms with Crippen LogP contribution in [-0.4, -0.2) is 38.7 Å². The third-order valence-electron chi connectivity index (χ3n) is 3.14. The first-order valence-electron chi connectivity index (χ1n) is 5.28. The molecule has 2 atom stereocenters. The molecular formula is C11H16O6. The topological polar surface area (TPSA) is 78.9 Å². The second-order valence-electron chi connectivity index (χ2n) is 4.00. The van der Waals surface area contributed by atoms with Crippen molar-refractivity contribution >= 4 is 17.9 Å². The third-order valence-corrected chi connectivity index (χ3v) is 3.14. The Labute approximate surface area is 99.2 Å². The van der Waals surface area contributed by atoms with Gasteiger partial charge < -0.3 is 14.2 Å². The Morgan fingerprint density at radius 3 is 1.76 bits per heavy atom. The second kappa shape index (κ2) is 4.73. The van der Waals surface area contributed by atoms with Gasteiger partial charge in [0.05, 0.1) is 38.1 Å². The first-order chi connectivity index (χ1) is 7.94. The number of methoxy groups -OCH3 is 2. The van der Waals surface area contributed by atoms with Crippen molar-refractivity contribution in [3.8, 4) is 0 Å². The van der Waals surface area contributed by atoms with E-state index in [9.17, 15) is 14.4 Å². The van der Waals surface area contributed by atoms with E-state index in [1.165, 1.54) is 21.1 Å². The Bertz CT molecular complexity index is 326. The van der Waals surface area contributed by atoms with Crippen LogP contribution in [0.1, 0.15) is 13.8 Å². The molecular weight excluding hydrogens is 228 g/mol. The zero-order valence-electron chi connectivity index (χ0n) is 10.3. The predicted molar refractivity (Wildman–Crippen MR) is 55.8 cm³/mol. The van der Waals surface area contributed by atoms with E-state index in [1.54, 1.807) is 6.92 Å². The molecule has 1 aliphatic rings. The summed E-state index contributed by atoms with van der Waals surface area (Å²) in [5, 5.41) is 0. The Kier molecular flexibility index (Phi) is 3.75. The summed E-state index contributed by atoms with van der Waals surface area (Å²) >= 11 is 0. The number of rotatable bonds is 4. The molecule has 0 aromatic heterocycles. The van der Waals surface area contributed by atoms with E-state index in [4.69, 9.17) is 4.74 Å². The molecule has 17 heavy (non-hydrogen) atoms. The fourth-order valence-electron chi connectivity index (χ4n) is 2.07. The van der Waals surface area contributed by atoms with E-state index < -0.39 is 35.2 Å². The number of esters is 3. The van der Waals surface area contributed by atoms with E-state index in [-0.39, 0.29) is 6.61 Å². The zero-order valence-corrected chi connectivity index (χ0v) is 10.3. The van der Waals surface area contributed by atoms with Crippen LogP contribution >= 0.6 is 0 Å². The van der Waals surface area contributed by atoms with Gasteiger partial charge in [0.15, 0.2) is 0 Å². The third kappa shape index (κ3) is 1.99. The van der Waals surface area contributed by atoms with Crippen LogP contribution in [0, 0.1) is 17.3 Å². The van der Waals surface area contributed by atoms with Crippen molar-refractivity contribution in [2.45, 2.75) is 13.8 Å². The molecule has 0 heterocycles. The monoisotopic (exact) mass is 244 g/mol. The van der Waals surface area contributed by atoms with Crippen molar-refractivity contribution in [1.29, 1.82) is 0 Å². The lowest BCUT2D eigenvalue weighted by Crippen LogP contribution is -2.23. The van der Waals surface area contributed by atoms with Crippen LogP contribution in [0.5, 0.6) is 0 Å². The van der Waals surface area contributed by atoms with Gasteiger partial charge in [0.2, 0.25) is 0 Å². The van der Waals surface area contributed by atoms with Gasteiger partial charge in [-0.2, -0.15) is 0 Å². The van der Waals surface area contributed by atoms with Crippen molar-refractivity contribution < 1.29 is 28.6 Å². The smallest absolute Gasteiger partial charge is 0.313 e. The van der Waals surface area contributed by atoms with E-state index in [2.05, 4.69) is 9.47 Å². The van der Waals surface area contributed by atoms with Crippen molar-refractivity contribution in [2.75, 3.05) is 20.8 Å². The molecule has 96 valence electrons. The largest absolute Gasteiger partial charge is 0.469 e. The number of hydrogen-bond acceptors (Lipinski definition) is 6. The maximum atomic E-state index is 11.8. The Morgan fingerprint density at radius 1 is 1.06 bits per heavy atom. The molecule has 0 saturated heterocycles. The molecule has 1 saturated carbocycles. The Balaban J connectivity index is 2.93. The SMILES string of the molecule is CCOC(=O)C1(C)C(C(=O)OC)C1C(=O)OC. The molecule has 0 aliphatic heterocycles. The summed E-state index contributed by atoms with van der Waals surface area (Å²) in [5.41, 5.74) is -1.17. The number of carbonyl (C=O) groups is 3.